The number of fused-ring (bicyclic) bond motifs is 2. The second-order valence-corrected chi connectivity index (χ2v) is 6.58. The Morgan fingerprint density at radius 2 is 1.82 bits per heavy atom. The van der Waals surface area contributed by atoms with E-state index in [9.17, 15) is 9.18 Å². The molecule has 0 bridgehead atoms. The minimum absolute atomic E-state index is 0.321. The topological polar surface area (TPSA) is 101 Å². The first-order valence-electron chi connectivity index (χ1n) is 8.62. The molecule has 1 unspecified atom stereocenters. The van der Waals surface area contributed by atoms with E-state index in [2.05, 4.69) is 31.0 Å². The summed E-state index contributed by atoms with van der Waals surface area (Å²) in [6, 6.07) is 13.4. The minimum atomic E-state index is -0.461. The maximum Gasteiger partial charge on any atom is 0.288 e. The molecule has 138 valence electrons. The van der Waals surface area contributed by atoms with Crippen molar-refractivity contribution in [1.29, 1.82) is 0 Å². The zero-order valence-corrected chi connectivity index (χ0v) is 14.7. The standard InChI is InChI=1S/C19H14FN7O/c1-10-2-4-12(5-3-10)17-14-15(11-6-8-13(20)9-7-11)22-23-18(28)16(14)21-19-24-25-26-27(17)19/h2-9,17H,1H3,(H,23,28)(H,21,24,26). The average molecular weight is 375 g/mol. The van der Waals surface area contributed by atoms with Gasteiger partial charge in [-0.2, -0.15) is 9.78 Å². The number of H-pyrrole nitrogens is 1. The number of hydrogen-bond donors (Lipinski definition) is 2. The number of aromatic nitrogens is 6. The van der Waals surface area contributed by atoms with Gasteiger partial charge in [0.2, 0.25) is 5.95 Å². The zero-order chi connectivity index (χ0) is 19.3. The monoisotopic (exact) mass is 375 g/mol. The largest absolute Gasteiger partial charge is 0.318 e. The van der Waals surface area contributed by atoms with E-state index in [4.69, 9.17) is 0 Å². The molecule has 1 aliphatic rings. The second kappa shape index (κ2) is 6.08. The maximum absolute atomic E-state index is 13.4. The predicted molar refractivity (Wildman–Crippen MR) is 99.8 cm³/mol. The van der Waals surface area contributed by atoms with Gasteiger partial charge in [0, 0.05) is 11.1 Å². The van der Waals surface area contributed by atoms with Crippen LogP contribution in [-0.4, -0.2) is 30.4 Å². The lowest BCUT2D eigenvalue weighted by Crippen LogP contribution is -2.29. The van der Waals surface area contributed by atoms with Crippen LogP contribution in [0.15, 0.2) is 53.3 Å². The Balaban J connectivity index is 1.81. The van der Waals surface area contributed by atoms with E-state index in [1.807, 2.05) is 31.2 Å². The lowest BCUT2D eigenvalue weighted by molar-refractivity contribution is 0.567. The number of aryl methyl sites for hydroxylation is 1. The van der Waals surface area contributed by atoms with E-state index >= 15 is 0 Å². The van der Waals surface area contributed by atoms with Gasteiger partial charge in [-0.05, 0) is 47.2 Å². The summed E-state index contributed by atoms with van der Waals surface area (Å²) in [5, 5.41) is 21.6. The molecule has 0 fully saturated rings. The highest BCUT2D eigenvalue weighted by Crippen LogP contribution is 2.40. The van der Waals surface area contributed by atoms with Crippen molar-refractivity contribution in [2.75, 3.05) is 5.32 Å². The molecular weight excluding hydrogens is 361 g/mol. The van der Waals surface area contributed by atoms with Crippen molar-refractivity contribution in [2.24, 2.45) is 0 Å². The molecule has 0 saturated carbocycles. The van der Waals surface area contributed by atoms with Crippen LogP contribution in [0.4, 0.5) is 16.0 Å². The molecule has 5 rings (SSSR count). The number of rotatable bonds is 2. The lowest BCUT2D eigenvalue weighted by atomic mass is 9.92. The van der Waals surface area contributed by atoms with Crippen molar-refractivity contribution in [1.82, 2.24) is 30.4 Å². The number of tetrazole rings is 1. The van der Waals surface area contributed by atoms with E-state index in [1.54, 1.807) is 16.8 Å². The van der Waals surface area contributed by atoms with Crippen LogP contribution in [0.2, 0.25) is 0 Å². The van der Waals surface area contributed by atoms with Crippen molar-refractivity contribution >= 4 is 11.6 Å². The van der Waals surface area contributed by atoms with Gasteiger partial charge in [0.25, 0.3) is 5.56 Å². The van der Waals surface area contributed by atoms with Crippen LogP contribution >= 0.6 is 0 Å². The third kappa shape index (κ3) is 2.48. The zero-order valence-electron chi connectivity index (χ0n) is 14.7. The van der Waals surface area contributed by atoms with Gasteiger partial charge < -0.3 is 5.32 Å². The fourth-order valence-corrected chi connectivity index (χ4v) is 3.42. The Bertz CT molecular complexity index is 1230. The molecule has 4 aromatic rings. The lowest BCUT2D eigenvalue weighted by Gasteiger charge is -2.27. The molecule has 0 amide bonds. The first kappa shape index (κ1) is 16.3. The van der Waals surface area contributed by atoms with Crippen LogP contribution in [-0.2, 0) is 0 Å². The van der Waals surface area contributed by atoms with Gasteiger partial charge in [0.1, 0.15) is 17.5 Å². The van der Waals surface area contributed by atoms with Crippen molar-refractivity contribution in [2.45, 2.75) is 13.0 Å². The number of benzene rings is 2. The third-order valence-electron chi connectivity index (χ3n) is 4.78. The predicted octanol–water partition coefficient (Wildman–Crippen LogP) is 2.57. The number of nitrogens with zero attached hydrogens (tertiary/aromatic N) is 5. The molecule has 0 saturated heterocycles. The molecule has 8 nitrogen and oxygen atoms in total. The summed E-state index contributed by atoms with van der Waals surface area (Å²) >= 11 is 0. The molecule has 1 aliphatic heterocycles. The van der Waals surface area contributed by atoms with Crippen molar-refractivity contribution in [3.63, 3.8) is 0 Å². The fourth-order valence-electron chi connectivity index (χ4n) is 3.42. The number of nitrogens with one attached hydrogen (secondary N) is 2. The van der Waals surface area contributed by atoms with Gasteiger partial charge in [0.05, 0.1) is 5.69 Å². The third-order valence-corrected chi connectivity index (χ3v) is 4.78. The highest BCUT2D eigenvalue weighted by Gasteiger charge is 2.34. The number of halogens is 1. The Kier molecular flexibility index (Phi) is 3.54. The van der Waals surface area contributed by atoms with E-state index in [1.165, 1.54) is 12.1 Å². The molecule has 0 radical (unpaired) electrons. The summed E-state index contributed by atoms with van der Waals surface area (Å²) in [5.41, 5.74) is 3.77. The van der Waals surface area contributed by atoms with Crippen LogP contribution in [0.1, 0.15) is 22.7 Å². The SMILES string of the molecule is Cc1ccc(C2c3c(-c4ccc(F)cc4)n[nH]c(=O)c3Nc3nnnn32)cc1. The quantitative estimate of drug-likeness (QED) is 0.492. The maximum atomic E-state index is 13.4. The second-order valence-electron chi connectivity index (χ2n) is 6.58. The summed E-state index contributed by atoms with van der Waals surface area (Å²) in [5.74, 6) is 0.0119. The summed E-state index contributed by atoms with van der Waals surface area (Å²) in [4.78, 5) is 12.5. The number of anilines is 2. The molecule has 3 heterocycles. The van der Waals surface area contributed by atoms with Crippen LogP contribution in [0.5, 0.6) is 0 Å². The minimum Gasteiger partial charge on any atom is -0.318 e. The van der Waals surface area contributed by atoms with Gasteiger partial charge in [-0.25, -0.2) is 9.49 Å². The van der Waals surface area contributed by atoms with Crippen LogP contribution in [0.3, 0.4) is 0 Å². The van der Waals surface area contributed by atoms with Gasteiger partial charge in [-0.15, -0.1) is 0 Å². The summed E-state index contributed by atoms with van der Waals surface area (Å²) in [7, 11) is 0. The van der Waals surface area contributed by atoms with Gasteiger partial charge in [-0.3, -0.25) is 4.79 Å². The fraction of sp³-hybridized carbons (Fsp3) is 0.105. The van der Waals surface area contributed by atoms with Crippen LogP contribution in [0, 0.1) is 12.7 Å². The molecule has 1 atom stereocenters. The summed E-state index contributed by atoms with van der Waals surface area (Å²) in [6.45, 7) is 2.00. The van der Waals surface area contributed by atoms with Crippen molar-refractivity contribution in [3.05, 3.63) is 81.4 Å². The molecule has 0 aliphatic carbocycles. The van der Waals surface area contributed by atoms with E-state index in [0.717, 1.165) is 11.1 Å². The van der Waals surface area contributed by atoms with E-state index in [0.29, 0.717) is 28.5 Å². The van der Waals surface area contributed by atoms with E-state index in [-0.39, 0.29) is 11.4 Å². The normalized spacial score (nSPS) is 14.9. The molecule has 2 N–H and O–H groups in total. The first-order chi connectivity index (χ1) is 13.6. The smallest absolute Gasteiger partial charge is 0.288 e. The Morgan fingerprint density at radius 3 is 2.57 bits per heavy atom. The van der Waals surface area contributed by atoms with Crippen LogP contribution < -0.4 is 10.9 Å². The number of hydrogen-bond acceptors (Lipinski definition) is 6. The highest BCUT2D eigenvalue weighted by atomic mass is 19.1. The molecular formula is C19H14FN7O. The Morgan fingerprint density at radius 1 is 1.07 bits per heavy atom. The van der Waals surface area contributed by atoms with Gasteiger partial charge in [-0.1, -0.05) is 34.9 Å². The summed E-state index contributed by atoms with van der Waals surface area (Å²) in [6.07, 6.45) is 0. The van der Waals surface area contributed by atoms with E-state index < -0.39 is 6.04 Å². The molecule has 9 heteroatoms. The van der Waals surface area contributed by atoms with Crippen LogP contribution in [0.25, 0.3) is 11.3 Å². The molecule has 2 aromatic heterocycles. The van der Waals surface area contributed by atoms with Crippen molar-refractivity contribution in [3.8, 4) is 11.3 Å². The summed E-state index contributed by atoms with van der Waals surface area (Å²) < 4.78 is 15.0. The van der Waals surface area contributed by atoms with Gasteiger partial charge >= 0.3 is 0 Å². The highest BCUT2D eigenvalue weighted by molar-refractivity contribution is 5.75. The molecule has 0 spiro atoms. The molecule has 2 aromatic carbocycles. The van der Waals surface area contributed by atoms with Crippen molar-refractivity contribution < 1.29 is 4.39 Å². The average Bonchev–Trinajstić information content (AvgIpc) is 3.17. The Labute approximate surface area is 158 Å². The number of aromatic amines is 1. The molecule has 28 heavy (non-hydrogen) atoms. The Hall–Kier alpha value is -3.88. The van der Waals surface area contributed by atoms with Gasteiger partial charge in [0.15, 0.2) is 0 Å². The first-order valence-corrected chi connectivity index (χ1v) is 8.62.